The summed E-state index contributed by atoms with van der Waals surface area (Å²) in [7, 11) is 2.95. The second-order valence-electron chi connectivity index (χ2n) is 4.86. The lowest BCUT2D eigenvalue weighted by atomic mass is 9.75. The molecule has 1 unspecified atom stereocenters. The molecule has 19 heavy (non-hydrogen) atoms. The molecule has 0 aliphatic carbocycles. The first-order valence-electron chi connectivity index (χ1n) is 6.11. The molecule has 1 atom stereocenters. The van der Waals surface area contributed by atoms with Gasteiger partial charge in [0, 0.05) is 5.56 Å². The summed E-state index contributed by atoms with van der Waals surface area (Å²) in [6.45, 7) is 2.52. The van der Waals surface area contributed by atoms with Gasteiger partial charge in [0.05, 0.1) is 33.5 Å². The molecule has 1 saturated heterocycles. The van der Waals surface area contributed by atoms with Crippen LogP contribution in [0.15, 0.2) is 18.2 Å². The normalized spacial score (nSPS) is 18.3. The van der Waals surface area contributed by atoms with Crippen LogP contribution in [0.1, 0.15) is 17.2 Å². The van der Waals surface area contributed by atoms with E-state index in [0.29, 0.717) is 5.75 Å². The van der Waals surface area contributed by atoms with Crippen LogP contribution in [-0.4, -0.2) is 33.4 Å². The van der Waals surface area contributed by atoms with Crippen LogP contribution < -0.4 is 10.5 Å². The first-order valence-corrected chi connectivity index (χ1v) is 6.11. The Balaban J connectivity index is 2.40. The molecule has 5 heteroatoms. The van der Waals surface area contributed by atoms with Crippen LogP contribution in [-0.2, 0) is 14.3 Å². The molecule has 0 saturated carbocycles. The third-order valence-corrected chi connectivity index (χ3v) is 3.63. The standard InChI is InChI=1S/C14H19NO4/c1-9-4-5-11(17-2)10(6-9)12(15)14(7-19-8-14)13(16)18-3/h4-6,12H,7-8,15H2,1-3H3. The molecule has 1 heterocycles. The average molecular weight is 265 g/mol. The van der Waals surface area contributed by atoms with Gasteiger partial charge in [0.1, 0.15) is 11.2 Å². The van der Waals surface area contributed by atoms with Crippen LogP contribution in [0.25, 0.3) is 0 Å². The van der Waals surface area contributed by atoms with Gasteiger partial charge >= 0.3 is 5.97 Å². The van der Waals surface area contributed by atoms with Crippen molar-refractivity contribution in [2.24, 2.45) is 11.1 Å². The molecule has 2 N–H and O–H groups in total. The molecule has 1 fully saturated rings. The van der Waals surface area contributed by atoms with Crippen molar-refractivity contribution in [3.63, 3.8) is 0 Å². The van der Waals surface area contributed by atoms with E-state index in [1.54, 1.807) is 7.11 Å². The number of nitrogens with two attached hydrogens (primary N) is 1. The molecule has 1 aliphatic rings. The average Bonchev–Trinajstić information content (AvgIpc) is 2.36. The zero-order valence-electron chi connectivity index (χ0n) is 11.4. The fourth-order valence-corrected chi connectivity index (χ4v) is 2.34. The van der Waals surface area contributed by atoms with E-state index in [1.165, 1.54) is 7.11 Å². The molecule has 1 aromatic rings. The van der Waals surface area contributed by atoms with Crippen LogP contribution in [0.4, 0.5) is 0 Å². The van der Waals surface area contributed by atoms with Gasteiger partial charge in [-0.05, 0) is 13.0 Å². The fraction of sp³-hybridized carbons (Fsp3) is 0.500. The summed E-state index contributed by atoms with van der Waals surface area (Å²) >= 11 is 0. The van der Waals surface area contributed by atoms with E-state index in [1.807, 2.05) is 25.1 Å². The topological polar surface area (TPSA) is 70.8 Å². The number of rotatable bonds is 4. The predicted octanol–water partition coefficient (Wildman–Crippen LogP) is 1.19. The van der Waals surface area contributed by atoms with Crippen molar-refractivity contribution >= 4 is 5.97 Å². The SMILES string of the molecule is COC(=O)C1(C(N)c2cc(C)ccc2OC)COC1. The summed E-state index contributed by atoms with van der Waals surface area (Å²) in [6, 6.07) is 5.22. The minimum absolute atomic E-state index is 0.276. The number of ether oxygens (including phenoxy) is 3. The third kappa shape index (κ3) is 2.19. The highest BCUT2D eigenvalue weighted by Crippen LogP contribution is 2.43. The quantitative estimate of drug-likeness (QED) is 0.828. The zero-order chi connectivity index (χ0) is 14.0. The van der Waals surface area contributed by atoms with Gasteiger partial charge in [-0.15, -0.1) is 0 Å². The Bertz CT molecular complexity index is 482. The summed E-state index contributed by atoms with van der Waals surface area (Å²) in [6.07, 6.45) is 0. The lowest BCUT2D eigenvalue weighted by Crippen LogP contribution is -2.56. The van der Waals surface area contributed by atoms with Gasteiger partial charge in [-0.25, -0.2) is 0 Å². The van der Waals surface area contributed by atoms with Gasteiger partial charge < -0.3 is 19.9 Å². The molecule has 0 spiro atoms. The molecule has 104 valence electrons. The highest BCUT2D eigenvalue weighted by molar-refractivity contribution is 5.79. The van der Waals surface area contributed by atoms with Crippen LogP contribution in [0.2, 0.25) is 0 Å². The van der Waals surface area contributed by atoms with Gasteiger partial charge in [0.15, 0.2) is 0 Å². The molecule has 0 amide bonds. The van der Waals surface area contributed by atoms with E-state index in [-0.39, 0.29) is 19.2 Å². The summed E-state index contributed by atoms with van der Waals surface area (Å²) in [4.78, 5) is 12.0. The molecule has 1 aliphatic heterocycles. The van der Waals surface area contributed by atoms with Crippen LogP contribution in [0.5, 0.6) is 5.75 Å². The number of aryl methyl sites for hydroxylation is 1. The zero-order valence-corrected chi connectivity index (χ0v) is 11.4. The van der Waals surface area contributed by atoms with Crippen molar-refractivity contribution in [2.45, 2.75) is 13.0 Å². The lowest BCUT2D eigenvalue weighted by molar-refractivity contribution is -0.188. The largest absolute Gasteiger partial charge is 0.496 e. The number of carbonyl (C=O) groups excluding carboxylic acids is 1. The molecular weight excluding hydrogens is 246 g/mol. The predicted molar refractivity (Wildman–Crippen MR) is 69.9 cm³/mol. The number of hydrogen-bond donors (Lipinski definition) is 1. The molecule has 0 bridgehead atoms. The van der Waals surface area contributed by atoms with E-state index in [0.717, 1.165) is 11.1 Å². The minimum atomic E-state index is -0.810. The Kier molecular flexibility index (Phi) is 3.78. The van der Waals surface area contributed by atoms with E-state index in [2.05, 4.69) is 0 Å². The molecule has 5 nitrogen and oxygen atoms in total. The highest BCUT2D eigenvalue weighted by Gasteiger charge is 2.53. The van der Waals surface area contributed by atoms with Crippen molar-refractivity contribution < 1.29 is 19.0 Å². The van der Waals surface area contributed by atoms with Gasteiger partial charge in [-0.2, -0.15) is 0 Å². The van der Waals surface area contributed by atoms with Crippen molar-refractivity contribution in [1.29, 1.82) is 0 Å². The lowest BCUT2D eigenvalue weighted by Gasteiger charge is -2.43. The Labute approximate surface area is 112 Å². The van der Waals surface area contributed by atoms with Crippen LogP contribution in [0.3, 0.4) is 0 Å². The van der Waals surface area contributed by atoms with E-state index < -0.39 is 11.5 Å². The second-order valence-corrected chi connectivity index (χ2v) is 4.86. The maximum absolute atomic E-state index is 12.0. The van der Waals surface area contributed by atoms with Crippen molar-refractivity contribution in [3.8, 4) is 5.75 Å². The number of benzene rings is 1. The molecule has 1 aromatic carbocycles. The number of methoxy groups -OCH3 is 2. The Morgan fingerprint density at radius 2 is 2.11 bits per heavy atom. The third-order valence-electron chi connectivity index (χ3n) is 3.63. The Morgan fingerprint density at radius 3 is 2.58 bits per heavy atom. The van der Waals surface area contributed by atoms with E-state index >= 15 is 0 Å². The van der Waals surface area contributed by atoms with Gasteiger partial charge in [0.2, 0.25) is 0 Å². The maximum Gasteiger partial charge on any atom is 0.318 e. The maximum atomic E-state index is 12.0. The summed E-state index contributed by atoms with van der Waals surface area (Å²) in [5.41, 5.74) is 7.35. The molecule has 2 rings (SSSR count). The Hall–Kier alpha value is -1.59. The van der Waals surface area contributed by atoms with E-state index in [9.17, 15) is 4.79 Å². The number of carbonyl (C=O) groups is 1. The van der Waals surface area contributed by atoms with Gasteiger partial charge in [-0.3, -0.25) is 4.79 Å². The van der Waals surface area contributed by atoms with Crippen LogP contribution in [0, 0.1) is 12.3 Å². The number of esters is 1. The van der Waals surface area contributed by atoms with Crippen LogP contribution >= 0.6 is 0 Å². The molecule has 0 aromatic heterocycles. The first-order chi connectivity index (χ1) is 9.05. The second kappa shape index (κ2) is 5.19. The minimum Gasteiger partial charge on any atom is -0.496 e. The monoisotopic (exact) mass is 265 g/mol. The van der Waals surface area contributed by atoms with Gasteiger partial charge in [-0.1, -0.05) is 17.7 Å². The van der Waals surface area contributed by atoms with Crippen molar-refractivity contribution in [2.75, 3.05) is 27.4 Å². The summed E-state index contributed by atoms with van der Waals surface area (Å²) in [5.74, 6) is 0.336. The summed E-state index contributed by atoms with van der Waals surface area (Å²) < 4.78 is 15.4. The number of hydrogen-bond acceptors (Lipinski definition) is 5. The smallest absolute Gasteiger partial charge is 0.318 e. The molecular formula is C14H19NO4. The molecule has 0 radical (unpaired) electrons. The fourth-order valence-electron chi connectivity index (χ4n) is 2.34. The van der Waals surface area contributed by atoms with Crippen molar-refractivity contribution in [3.05, 3.63) is 29.3 Å². The van der Waals surface area contributed by atoms with E-state index in [4.69, 9.17) is 19.9 Å². The van der Waals surface area contributed by atoms with Crippen molar-refractivity contribution in [1.82, 2.24) is 0 Å². The van der Waals surface area contributed by atoms with Gasteiger partial charge in [0.25, 0.3) is 0 Å². The summed E-state index contributed by atoms with van der Waals surface area (Å²) in [5, 5.41) is 0. The Morgan fingerprint density at radius 1 is 1.42 bits per heavy atom. The highest BCUT2D eigenvalue weighted by atomic mass is 16.5. The first kappa shape index (κ1) is 13.8.